The molecule has 0 spiro atoms. The van der Waals surface area contributed by atoms with Gasteiger partial charge in [-0.05, 0) is 48.2 Å². The van der Waals surface area contributed by atoms with E-state index in [9.17, 15) is 8.42 Å². The molecule has 0 saturated heterocycles. The molecule has 0 fully saturated rings. The van der Waals surface area contributed by atoms with Gasteiger partial charge in [-0.3, -0.25) is 0 Å². The number of nitrogens with one attached hydrogen (secondary N) is 1. The van der Waals surface area contributed by atoms with Crippen molar-refractivity contribution in [1.29, 1.82) is 0 Å². The van der Waals surface area contributed by atoms with Gasteiger partial charge in [0.25, 0.3) is 0 Å². The van der Waals surface area contributed by atoms with Gasteiger partial charge in [-0.15, -0.1) is 0 Å². The number of hydrogen-bond donors (Lipinski definition) is 1. The van der Waals surface area contributed by atoms with Crippen molar-refractivity contribution in [2.45, 2.75) is 37.4 Å². The van der Waals surface area contributed by atoms with Crippen LogP contribution in [0.2, 0.25) is 0 Å². The second-order valence-corrected chi connectivity index (χ2v) is 9.25. The predicted octanol–water partition coefficient (Wildman–Crippen LogP) is 4.43. The fourth-order valence-corrected chi connectivity index (χ4v) is 5.10. The Morgan fingerprint density at radius 2 is 1.46 bits per heavy atom. The van der Waals surface area contributed by atoms with Crippen LogP contribution in [0, 0.1) is 0 Å². The van der Waals surface area contributed by atoms with E-state index in [0.717, 1.165) is 28.8 Å². The Kier molecular flexibility index (Phi) is 5.20. The normalized spacial score (nSPS) is 16.0. The van der Waals surface area contributed by atoms with Crippen molar-refractivity contribution in [3.8, 4) is 0 Å². The summed E-state index contributed by atoms with van der Waals surface area (Å²) in [6, 6.07) is 25.2. The van der Waals surface area contributed by atoms with Crippen LogP contribution in [-0.2, 0) is 29.5 Å². The lowest BCUT2D eigenvalue weighted by molar-refractivity contribution is 0.401. The molecule has 0 aromatic heterocycles. The van der Waals surface area contributed by atoms with Gasteiger partial charge in [0.2, 0.25) is 10.0 Å². The third kappa shape index (κ3) is 3.96. The fraction of sp³-hybridized carbons (Fsp3) is 0.217. The van der Waals surface area contributed by atoms with Gasteiger partial charge in [0, 0.05) is 24.8 Å². The minimum Gasteiger partial charge on any atom is -0.382 e. The molecule has 1 aliphatic heterocycles. The molecule has 1 aliphatic rings. The Hall–Kier alpha value is -2.63. The summed E-state index contributed by atoms with van der Waals surface area (Å²) in [5, 5.41) is 3.38. The minimum absolute atomic E-state index is 0.331. The van der Waals surface area contributed by atoms with Crippen molar-refractivity contribution in [2.75, 3.05) is 5.32 Å². The summed E-state index contributed by atoms with van der Waals surface area (Å²) in [7, 11) is -3.63. The molecule has 1 heterocycles. The minimum atomic E-state index is -3.63. The number of rotatable bonds is 6. The Morgan fingerprint density at radius 1 is 0.893 bits per heavy atom. The molecule has 4 nitrogen and oxygen atoms in total. The van der Waals surface area contributed by atoms with E-state index in [4.69, 9.17) is 0 Å². The highest BCUT2D eigenvalue weighted by atomic mass is 32.2. The van der Waals surface area contributed by atoms with E-state index >= 15 is 0 Å². The van der Waals surface area contributed by atoms with Crippen LogP contribution in [0.15, 0.2) is 83.8 Å². The number of nitrogens with zero attached hydrogens (tertiary/aromatic N) is 1. The van der Waals surface area contributed by atoms with Crippen LogP contribution in [0.3, 0.4) is 0 Å². The first-order chi connectivity index (χ1) is 13.5. The Labute approximate surface area is 166 Å². The molecule has 0 radical (unpaired) electrons. The molecule has 0 amide bonds. The highest BCUT2D eigenvalue weighted by molar-refractivity contribution is 7.89. The largest absolute Gasteiger partial charge is 0.382 e. The SMILES string of the molecule is CC1Cc2cc(S(=O)(=O)N(Cc3ccccc3)Cc3ccccc3)ccc2N1. The van der Waals surface area contributed by atoms with E-state index in [0.29, 0.717) is 24.0 Å². The number of hydrogen-bond acceptors (Lipinski definition) is 3. The fourth-order valence-electron chi connectivity index (χ4n) is 3.64. The summed E-state index contributed by atoms with van der Waals surface area (Å²) in [4.78, 5) is 0.356. The second kappa shape index (κ2) is 7.78. The van der Waals surface area contributed by atoms with Crippen LogP contribution in [0.4, 0.5) is 5.69 Å². The van der Waals surface area contributed by atoms with Gasteiger partial charge in [-0.2, -0.15) is 4.31 Å². The van der Waals surface area contributed by atoms with Crippen molar-refractivity contribution in [3.05, 3.63) is 95.6 Å². The Bertz CT molecular complexity index is 1010. The van der Waals surface area contributed by atoms with Gasteiger partial charge >= 0.3 is 0 Å². The highest BCUT2D eigenvalue weighted by Crippen LogP contribution is 2.30. The topological polar surface area (TPSA) is 49.4 Å². The van der Waals surface area contributed by atoms with Gasteiger partial charge < -0.3 is 5.32 Å². The number of fused-ring (bicyclic) bond motifs is 1. The van der Waals surface area contributed by atoms with Crippen LogP contribution >= 0.6 is 0 Å². The summed E-state index contributed by atoms with van der Waals surface area (Å²) in [6.45, 7) is 2.78. The molecule has 4 rings (SSSR count). The third-order valence-electron chi connectivity index (χ3n) is 5.05. The van der Waals surface area contributed by atoms with E-state index in [1.54, 1.807) is 10.4 Å². The van der Waals surface area contributed by atoms with E-state index in [-0.39, 0.29) is 0 Å². The number of benzene rings is 3. The molecule has 5 heteroatoms. The smallest absolute Gasteiger partial charge is 0.243 e. The summed E-state index contributed by atoms with van der Waals surface area (Å²) < 4.78 is 28.6. The number of anilines is 1. The van der Waals surface area contributed by atoms with Gasteiger partial charge in [0.15, 0.2) is 0 Å². The molecule has 3 aromatic carbocycles. The van der Waals surface area contributed by atoms with Crippen LogP contribution in [0.5, 0.6) is 0 Å². The highest BCUT2D eigenvalue weighted by Gasteiger charge is 2.27. The lowest BCUT2D eigenvalue weighted by Gasteiger charge is -2.23. The molecule has 1 unspecified atom stereocenters. The average molecular weight is 393 g/mol. The monoisotopic (exact) mass is 392 g/mol. The van der Waals surface area contributed by atoms with Gasteiger partial charge in [0.05, 0.1) is 4.90 Å². The van der Waals surface area contributed by atoms with E-state index in [2.05, 4.69) is 12.2 Å². The molecule has 1 atom stereocenters. The van der Waals surface area contributed by atoms with Crippen LogP contribution < -0.4 is 5.32 Å². The predicted molar refractivity (Wildman–Crippen MR) is 113 cm³/mol. The van der Waals surface area contributed by atoms with Gasteiger partial charge in [-0.1, -0.05) is 60.7 Å². The van der Waals surface area contributed by atoms with E-state index < -0.39 is 10.0 Å². The maximum atomic E-state index is 13.5. The van der Waals surface area contributed by atoms with Crippen molar-refractivity contribution in [3.63, 3.8) is 0 Å². The summed E-state index contributed by atoms with van der Waals surface area (Å²) in [6.07, 6.45) is 0.843. The summed E-state index contributed by atoms with van der Waals surface area (Å²) in [5.74, 6) is 0. The zero-order chi connectivity index (χ0) is 19.6. The van der Waals surface area contributed by atoms with Crippen LogP contribution in [0.1, 0.15) is 23.6 Å². The molecular weight excluding hydrogens is 368 g/mol. The van der Waals surface area contributed by atoms with Crippen molar-refractivity contribution in [1.82, 2.24) is 4.31 Å². The molecule has 144 valence electrons. The lowest BCUT2D eigenvalue weighted by Crippen LogP contribution is -2.30. The Morgan fingerprint density at radius 3 is 2.04 bits per heavy atom. The molecular formula is C23H24N2O2S. The zero-order valence-corrected chi connectivity index (χ0v) is 16.7. The quantitative estimate of drug-likeness (QED) is 0.675. The van der Waals surface area contributed by atoms with Crippen molar-refractivity contribution >= 4 is 15.7 Å². The van der Waals surface area contributed by atoms with E-state index in [1.165, 1.54) is 0 Å². The molecule has 0 aliphatic carbocycles. The van der Waals surface area contributed by atoms with Crippen LogP contribution in [-0.4, -0.2) is 18.8 Å². The number of sulfonamides is 1. The molecule has 1 N–H and O–H groups in total. The van der Waals surface area contributed by atoms with Gasteiger partial charge in [0.1, 0.15) is 0 Å². The maximum absolute atomic E-state index is 13.5. The first-order valence-corrected chi connectivity index (χ1v) is 10.9. The molecule has 0 bridgehead atoms. The first kappa shape index (κ1) is 18.7. The molecule has 0 saturated carbocycles. The third-order valence-corrected chi connectivity index (χ3v) is 6.83. The summed E-state index contributed by atoms with van der Waals surface area (Å²) in [5.41, 5.74) is 4.04. The standard InChI is InChI=1S/C23H24N2O2S/c1-18-14-21-15-22(12-13-23(21)24-18)28(26,27)25(16-19-8-4-2-5-9-19)17-20-10-6-3-7-11-20/h2-13,15,18,24H,14,16-17H2,1H3. The van der Waals surface area contributed by atoms with Gasteiger partial charge in [-0.25, -0.2) is 8.42 Å². The second-order valence-electron chi connectivity index (χ2n) is 7.31. The Balaban J connectivity index is 1.69. The molecule has 28 heavy (non-hydrogen) atoms. The average Bonchev–Trinajstić information content (AvgIpc) is 3.08. The van der Waals surface area contributed by atoms with Crippen LogP contribution in [0.25, 0.3) is 0 Å². The van der Waals surface area contributed by atoms with Crippen molar-refractivity contribution < 1.29 is 8.42 Å². The van der Waals surface area contributed by atoms with E-state index in [1.807, 2.05) is 72.8 Å². The maximum Gasteiger partial charge on any atom is 0.243 e. The first-order valence-electron chi connectivity index (χ1n) is 9.50. The lowest BCUT2D eigenvalue weighted by atomic mass is 10.1. The summed E-state index contributed by atoms with van der Waals surface area (Å²) >= 11 is 0. The van der Waals surface area contributed by atoms with Crippen molar-refractivity contribution in [2.24, 2.45) is 0 Å². The molecule has 3 aromatic rings. The zero-order valence-electron chi connectivity index (χ0n) is 15.9.